The van der Waals surface area contributed by atoms with Gasteiger partial charge in [-0.3, -0.25) is 0 Å². The quantitative estimate of drug-likeness (QED) is 0.841. The molecule has 3 nitrogen and oxygen atoms in total. The molecular weight excluding hydrogens is 260 g/mol. The van der Waals surface area contributed by atoms with Gasteiger partial charge in [0.1, 0.15) is 0 Å². The first-order valence-corrected chi connectivity index (χ1v) is 7.03. The van der Waals surface area contributed by atoms with Gasteiger partial charge in [0.15, 0.2) is 0 Å². The number of benzene rings is 1. The van der Waals surface area contributed by atoms with E-state index in [9.17, 15) is 4.79 Å². The monoisotopic (exact) mass is 278 g/mol. The number of allylic oxidation sites excluding steroid dienone is 1. The molecule has 1 saturated carbocycles. The molecule has 2 amide bonds. The topological polar surface area (TPSA) is 41.1 Å². The van der Waals surface area contributed by atoms with Gasteiger partial charge in [0, 0.05) is 16.9 Å². The van der Waals surface area contributed by atoms with Crippen molar-refractivity contribution in [3.8, 4) is 0 Å². The summed E-state index contributed by atoms with van der Waals surface area (Å²) in [5.74, 6) is 0.623. The second-order valence-electron chi connectivity index (χ2n) is 4.96. The molecule has 0 bridgehead atoms. The molecule has 1 aliphatic carbocycles. The molecule has 0 radical (unpaired) electrons. The van der Waals surface area contributed by atoms with Crippen molar-refractivity contribution in [2.75, 3.05) is 5.32 Å². The molecule has 2 N–H and O–H groups in total. The van der Waals surface area contributed by atoms with Gasteiger partial charge in [0.2, 0.25) is 0 Å². The molecule has 0 aromatic heterocycles. The molecule has 1 fully saturated rings. The Kier molecular flexibility index (Phi) is 4.86. The Morgan fingerprint density at radius 1 is 1.37 bits per heavy atom. The third kappa shape index (κ3) is 4.28. The largest absolute Gasteiger partial charge is 0.323 e. The molecule has 0 atom stereocenters. The Morgan fingerprint density at radius 3 is 2.79 bits per heavy atom. The maximum atomic E-state index is 11.7. The molecule has 0 aliphatic heterocycles. The van der Waals surface area contributed by atoms with Crippen molar-refractivity contribution in [1.29, 1.82) is 0 Å². The SMILES string of the molecule is Cc1cc(Cl)ccc1NC(=O)N/C=C/C1CCCC1. The van der Waals surface area contributed by atoms with Gasteiger partial charge < -0.3 is 10.6 Å². The number of hydrogen-bond donors (Lipinski definition) is 2. The number of carbonyl (C=O) groups is 1. The zero-order valence-electron chi connectivity index (χ0n) is 11.1. The van der Waals surface area contributed by atoms with E-state index in [-0.39, 0.29) is 6.03 Å². The summed E-state index contributed by atoms with van der Waals surface area (Å²) in [6.45, 7) is 1.91. The Hall–Kier alpha value is -1.48. The Bertz CT molecular complexity index is 479. The minimum Gasteiger partial charge on any atom is -0.315 e. The summed E-state index contributed by atoms with van der Waals surface area (Å²) in [5.41, 5.74) is 1.72. The van der Waals surface area contributed by atoms with Crippen molar-refractivity contribution in [3.05, 3.63) is 41.1 Å². The van der Waals surface area contributed by atoms with Crippen LogP contribution in [0.2, 0.25) is 5.02 Å². The maximum Gasteiger partial charge on any atom is 0.323 e. The summed E-state index contributed by atoms with van der Waals surface area (Å²) in [6, 6.07) is 5.17. The zero-order chi connectivity index (χ0) is 13.7. The first-order valence-electron chi connectivity index (χ1n) is 6.65. The van der Waals surface area contributed by atoms with Gasteiger partial charge >= 0.3 is 6.03 Å². The fourth-order valence-corrected chi connectivity index (χ4v) is 2.56. The molecule has 19 heavy (non-hydrogen) atoms. The number of amides is 2. The number of urea groups is 1. The highest BCUT2D eigenvalue weighted by atomic mass is 35.5. The Morgan fingerprint density at radius 2 is 2.11 bits per heavy atom. The molecule has 2 rings (SSSR count). The van der Waals surface area contributed by atoms with Gasteiger partial charge in [0.25, 0.3) is 0 Å². The summed E-state index contributed by atoms with van der Waals surface area (Å²) in [5, 5.41) is 6.21. The highest BCUT2D eigenvalue weighted by molar-refractivity contribution is 6.30. The molecule has 102 valence electrons. The van der Waals surface area contributed by atoms with Gasteiger partial charge in [-0.2, -0.15) is 0 Å². The van der Waals surface area contributed by atoms with Crippen LogP contribution in [0, 0.1) is 12.8 Å². The van der Waals surface area contributed by atoms with Crippen LogP contribution in [-0.4, -0.2) is 6.03 Å². The van der Waals surface area contributed by atoms with E-state index in [1.807, 2.05) is 13.0 Å². The third-order valence-corrected chi connectivity index (χ3v) is 3.65. The van der Waals surface area contributed by atoms with Crippen molar-refractivity contribution in [2.24, 2.45) is 5.92 Å². The standard InChI is InChI=1S/C15H19ClN2O/c1-11-10-13(16)6-7-14(11)18-15(19)17-9-8-12-4-2-3-5-12/h6-10,12H,2-5H2,1H3,(H2,17,18,19)/b9-8+. The van der Waals surface area contributed by atoms with Crippen molar-refractivity contribution in [3.63, 3.8) is 0 Å². The maximum absolute atomic E-state index is 11.7. The summed E-state index contributed by atoms with van der Waals surface area (Å²) in [4.78, 5) is 11.7. The van der Waals surface area contributed by atoms with Crippen LogP contribution in [0.5, 0.6) is 0 Å². The predicted octanol–water partition coefficient (Wildman–Crippen LogP) is 4.47. The van der Waals surface area contributed by atoms with Crippen molar-refractivity contribution >= 4 is 23.3 Å². The molecule has 0 unspecified atom stereocenters. The van der Waals surface area contributed by atoms with Crippen molar-refractivity contribution < 1.29 is 4.79 Å². The van der Waals surface area contributed by atoms with E-state index in [1.54, 1.807) is 18.3 Å². The summed E-state index contributed by atoms with van der Waals surface area (Å²) in [7, 11) is 0. The summed E-state index contributed by atoms with van der Waals surface area (Å²) >= 11 is 5.87. The van der Waals surface area contributed by atoms with E-state index in [4.69, 9.17) is 11.6 Å². The van der Waals surface area contributed by atoms with E-state index in [0.717, 1.165) is 11.3 Å². The van der Waals surface area contributed by atoms with Gasteiger partial charge in [-0.25, -0.2) is 4.79 Å². The summed E-state index contributed by atoms with van der Waals surface area (Å²) in [6.07, 6.45) is 8.89. The Labute approximate surface area is 119 Å². The minimum absolute atomic E-state index is 0.223. The Balaban J connectivity index is 1.83. The van der Waals surface area contributed by atoms with Gasteiger partial charge in [-0.15, -0.1) is 0 Å². The minimum atomic E-state index is -0.223. The fraction of sp³-hybridized carbons (Fsp3) is 0.400. The number of rotatable bonds is 3. The highest BCUT2D eigenvalue weighted by Crippen LogP contribution is 2.25. The molecule has 4 heteroatoms. The molecule has 1 aliphatic rings. The molecule has 1 aromatic carbocycles. The first kappa shape index (κ1) is 13.9. The smallest absolute Gasteiger partial charge is 0.315 e. The average molecular weight is 279 g/mol. The lowest BCUT2D eigenvalue weighted by Gasteiger charge is -2.08. The van der Waals surface area contributed by atoms with Crippen LogP contribution < -0.4 is 10.6 Å². The average Bonchev–Trinajstić information content (AvgIpc) is 2.86. The normalized spacial score (nSPS) is 15.9. The third-order valence-electron chi connectivity index (χ3n) is 3.42. The van der Waals surface area contributed by atoms with E-state index >= 15 is 0 Å². The number of halogens is 1. The number of nitrogens with one attached hydrogen (secondary N) is 2. The van der Waals surface area contributed by atoms with Crippen molar-refractivity contribution in [1.82, 2.24) is 5.32 Å². The molecular formula is C15H19ClN2O. The number of hydrogen-bond acceptors (Lipinski definition) is 1. The second-order valence-corrected chi connectivity index (χ2v) is 5.40. The predicted molar refractivity (Wildman–Crippen MR) is 79.4 cm³/mol. The van der Waals surface area contributed by atoms with Gasteiger partial charge in [-0.1, -0.05) is 30.5 Å². The van der Waals surface area contributed by atoms with Crippen LogP contribution in [0.1, 0.15) is 31.2 Å². The first-order chi connectivity index (χ1) is 9.15. The zero-order valence-corrected chi connectivity index (χ0v) is 11.8. The molecule has 0 saturated heterocycles. The lowest BCUT2D eigenvalue weighted by atomic mass is 10.1. The van der Waals surface area contributed by atoms with Crippen LogP contribution in [-0.2, 0) is 0 Å². The number of anilines is 1. The summed E-state index contributed by atoms with van der Waals surface area (Å²) < 4.78 is 0. The molecule has 1 aromatic rings. The molecule has 0 heterocycles. The van der Waals surface area contributed by atoms with E-state index < -0.39 is 0 Å². The highest BCUT2D eigenvalue weighted by Gasteiger charge is 2.11. The second kappa shape index (κ2) is 6.62. The fourth-order valence-electron chi connectivity index (χ4n) is 2.34. The van der Waals surface area contributed by atoms with Crippen LogP contribution in [0.4, 0.5) is 10.5 Å². The van der Waals surface area contributed by atoms with Crippen LogP contribution in [0.25, 0.3) is 0 Å². The molecule has 0 spiro atoms. The van der Waals surface area contributed by atoms with E-state index in [2.05, 4.69) is 16.7 Å². The van der Waals surface area contributed by atoms with Gasteiger partial charge in [-0.05, 0) is 49.4 Å². The van der Waals surface area contributed by atoms with Crippen LogP contribution >= 0.6 is 11.6 Å². The number of aryl methyl sites for hydroxylation is 1. The number of carbonyl (C=O) groups excluding carboxylic acids is 1. The van der Waals surface area contributed by atoms with Crippen LogP contribution in [0.3, 0.4) is 0 Å². The van der Waals surface area contributed by atoms with Crippen molar-refractivity contribution in [2.45, 2.75) is 32.6 Å². The lowest BCUT2D eigenvalue weighted by Crippen LogP contribution is -2.24. The van der Waals surface area contributed by atoms with Crippen LogP contribution in [0.15, 0.2) is 30.5 Å². The van der Waals surface area contributed by atoms with E-state index in [0.29, 0.717) is 10.9 Å². The van der Waals surface area contributed by atoms with E-state index in [1.165, 1.54) is 25.7 Å². The van der Waals surface area contributed by atoms with Gasteiger partial charge in [0.05, 0.1) is 0 Å². The lowest BCUT2D eigenvalue weighted by molar-refractivity contribution is 0.255.